The van der Waals surface area contributed by atoms with Gasteiger partial charge in [-0.25, -0.2) is 8.42 Å². The summed E-state index contributed by atoms with van der Waals surface area (Å²) in [6.45, 7) is 0. The Morgan fingerprint density at radius 3 is 2.58 bits per heavy atom. The van der Waals surface area contributed by atoms with Gasteiger partial charge in [0.25, 0.3) is 5.16 Å². The minimum atomic E-state index is -3.48. The van der Waals surface area contributed by atoms with Crippen LogP contribution in [-0.4, -0.2) is 34.9 Å². The van der Waals surface area contributed by atoms with Crippen molar-refractivity contribution in [3.8, 4) is 5.69 Å². The molecule has 0 atom stereocenters. The molecule has 1 heterocycles. The van der Waals surface area contributed by atoms with Crippen molar-refractivity contribution in [2.24, 2.45) is 0 Å². The number of nitrogens with zero attached hydrogens (tertiary/aromatic N) is 4. The average Bonchev–Trinajstić information content (AvgIpc) is 2.87. The topological polar surface area (TPSA) is 77.7 Å². The lowest BCUT2D eigenvalue weighted by Crippen LogP contribution is -2.09. The average molecular weight is 274 g/mol. The molecule has 0 aliphatic heterocycles. The van der Waals surface area contributed by atoms with Gasteiger partial charge >= 0.3 is 0 Å². The molecule has 0 saturated carbocycles. The molecule has 0 spiro atoms. The second-order valence-corrected chi connectivity index (χ2v) is 6.05. The summed E-state index contributed by atoms with van der Waals surface area (Å²) < 4.78 is 24.6. The maximum atomic E-state index is 11.7. The minimum Gasteiger partial charge on any atom is -0.221 e. The van der Waals surface area contributed by atoms with Gasteiger partial charge < -0.3 is 0 Å². The number of sulfone groups is 1. The Balaban J connectivity index is 2.35. The van der Waals surface area contributed by atoms with E-state index < -0.39 is 9.84 Å². The number of hydrogen-bond donors (Lipinski definition) is 0. The zero-order valence-electron chi connectivity index (χ0n) is 10.1. The molecule has 3 aromatic rings. The lowest BCUT2D eigenvalue weighted by atomic mass is 10.1. The van der Waals surface area contributed by atoms with E-state index in [4.69, 9.17) is 0 Å². The molecule has 96 valence electrons. The Bertz CT molecular complexity index is 850. The molecule has 0 amide bonds. The van der Waals surface area contributed by atoms with Crippen molar-refractivity contribution in [2.75, 3.05) is 6.26 Å². The van der Waals surface area contributed by atoms with Gasteiger partial charge in [0.2, 0.25) is 9.84 Å². The van der Waals surface area contributed by atoms with E-state index in [2.05, 4.69) is 15.5 Å². The fraction of sp³-hybridized carbons (Fsp3) is 0.0833. The fourth-order valence-corrected chi connectivity index (χ4v) is 2.59. The van der Waals surface area contributed by atoms with Gasteiger partial charge in [-0.3, -0.25) is 0 Å². The standard InChI is InChI=1S/C12H10N4O2S/c1-19(17,18)12-13-14-15-16(12)11-8-4-6-9-5-2-3-7-10(9)11/h2-8H,1H3. The van der Waals surface area contributed by atoms with Gasteiger partial charge in [0, 0.05) is 11.6 Å². The van der Waals surface area contributed by atoms with Crippen LogP contribution >= 0.6 is 0 Å². The molecule has 19 heavy (non-hydrogen) atoms. The van der Waals surface area contributed by atoms with E-state index in [1.165, 1.54) is 4.68 Å². The van der Waals surface area contributed by atoms with Crippen molar-refractivity contribution in [3.05, 3.63) is 42.5 Å². The van der Waals surface area contributed by atoms with Crippen LogP contribution in [0.5, 0.6) is 0 Å². The molecule has 2 aromatic carbocycles. The maximum Gasteiger partial charge on any atom is 0.272 e. The Kier molecular flexibility index (Phi) is 2.56. The normalized spacial score (nSPS) is 11.8. The van der Waals surface area contributed by atoms with Gasteiger partial charge in [0.1, 0.15) is 0 Å². The Hall–Kier alpha value is -2.28. The lowest BCUT2D eigenvalue weighted by Gasteiger charge is -2.06. The number of rotatable bonds is 2. The number of tetrazole rings is 1. The zero-order chi connectivity index (χ0) is 13.5. The zero-order valence-corrected chi connectivity index (χ0v) is 10.9. The largest absolute Gasteiger partial charge is 0.272 e. The highest BCUT2D eigenvalue weighted by molar-refractivity contribution is 7.90. The highest BCUT2D eigenvalue weighted by Gasteiger charge is 2.19. The Labute approximate surface area is 109 Å². The number of benzene rings is 2. The third-order valence-electron chi connectivity index (χ3n) is 2.77. The summed E-state index contributed by atoms with van der Waals surface area (Å²) in [5.74, 6) is 0. The van der Waals surface area contributed by atoms with Gasteiger partial charge in [-0.1, -0.05) is 41.5 Å². The minimum absolute atomic E-state index is 0.163. The second kappa shape index (κ2) is 4.13. The molecular formula is C12H10N4O2S. The first-order valence-corrected chi connectivity index (χ1v) is 7.43. The summed E-state index contributed by atoms with van der Waals surface area (Å²) in [7, 11) is -3.48. The molecule has 0 fully saturated rings. The van der Waals surface area contributed by atoms with E-state index in [1.807, 2.05) is 36.4 Å². The van der Waals surface area contributed by atoms with E-state index in [0.29, 0.717) is 5.69 Å². The summed E-state index contributed by atoms with van der Waals surface area (Å²) in [6, 6.07) is 13.2. The molecule has 0 radical (unpaired) electrons. The predicted molar refractivity (Wildman–Crippen MR) is 69.8 cm³/mol. The number of fused-ring (bicyclic) bond motifs is 1. The summed E-state index contributed by atoms with van der Waals surface area (Å²) in [6.07, 6.45) is 1.08. The quantitative estimate of drug-likeness (QED) is 0.702. The first-order chi connectivity index (χ1) is 9.07. The van der Waals surface area contributed by atoms with Crippen molar-refractivity contribution in [3.63, 3.8) is 0 Å². The predicted octanol–water partition coefficient (Wildman–Crippen LogP) is 1.22. The molecule has 0 aliphatic rings. The molecule has 0 aliphatic carbocycles. The molecule has 0 saturated heterocycles. The molecule has 0 N–H and O–H groups in total. The highest BCUT2D eigenvalue weighted by atomic mass is 32.2. The van der Waals surface area contributed by atoms with Crippen LogP contribution in [0.3, 0.4) is 0 Å². The van der Waals surface area contributed by atoms with Crippen LogP contribution in [0.25, 0.3) is 16.5 Å². The highest BCUT2D eigenvalue weighted by Crippen LogP contribution is 2.22. The number of aromatic nitrogens is 4. The van der Waals surface area contributed by atoms with E-state index in [-0.39, 0.29) is 5.16 Å². The summed E-state index contributed by atoms with van der Waals surface area (Å²) in [4.78, 5) is 0. The Morgan fingerprint density at radius 1 is 1.05 bits per heavy atom. The van der Waals surface area contributed by atoms with E-state index in [0.717, 1.165) is 17.0 Å². The van der Waals surface area contributed by atoms with Gasteiger partial charge in [-0.2, -0.15) is 4.68 Å². The van der Waals surface area contributed by atoms with Gasteiger partial charge in [0.15, 0.2) is 0 Å². The van der Waals surface area contributed by atoms with Gasteiger partial charge in [-0.05, 0) is 21.9 Å². The van der Waals surface area contributed by atoms with Crippen molar-refractivity contribution < 1.29 is 8.42 Å². The van der Waals surface area contributed by atoms with Crippen LogP contribution < -0.4 is 0 Å². The van der Waals surface area contributed by atoms with Crippen LogP contribution in [-0.2, 0) is 9.84 Å². The smallest absolute Gasteiger partial charge is 0.221 e. The number of hydrogen-bond acceptors (Lipinski definition) is 5. The summed E-state index contributed by atoms with van der Waals surface area (Å²) >= 11 is 0. The molecule has 1 aromatic heterocycles. The van der Waals surface area contributed by atoms with Crippen molar-refractivity contribution >= 4 is 20.6 Å². The SMILES string of the molecule is CS(=O)(=O)c1nnnn1-c1cccc2ccccc12. The van der Waals surface area contributed by atoms with Gasteiger partial charge in [0.05, 0.1) is 5.69 Å². The van der Waals surface area contributed by atoms with Crippen LogP contribution in [0.15, 0.2) is 47.6 Å². The van der Waals surface area contributed by atoms with Crippen LogP contribution in [0, 0.1) is 0 Å². The maximum absolute atomic E-state index is 11.7. The molecule has 6 nitrogen and oxygen atoms in total. The summed E-state index contributed by atoms with van der Waals surface area (Å²) in [5, 5.41) is 12.5. The van der Waals surface area contributed by atoms with Crippen LogP contribution in [0.2, 0.25) is 0 Å². The third-order valence-corrected chi connectivity index (χ3v) is 3.69. The Morgan fingerprint density at radius 2 is 1.79 bits per heavy atom. The molecule has 0 bridgehead atoms. The molecule has 7 heteroatoms. The van der Waals surface area contributed by atoms with Gasteiger partial charge in [-0.15, -0.1) is 0 Å². The van der Waals surface area contributed by atoms with Crippen molar-refractivity contribution in [1.82, 2.24) is 20.2 Å². The van der Waals surface area contributed by atoms with Crippen molar-refractivity contribution in [1.29, 1.82) is 0 Å². The molecule has 0 unspecified atom stereocenters. The first kappa shape index (κ1) is 11.8. The first-order valence-electron chi connectivity index (χ1n) is 5.54. The van der Waals surface area contributed by atoms with E-state index in [1.54, 1.807) is 6.07 Å². The second-order valence-electron chi connectivity index (χ2n) is 4.14. The lowest BCUT2D eigenvalue weighted by molar-refractivity contribution is 0.586. The third kappa shape index (κ3) is 1.97. The molecule has 3 rings (SSSR count). The molecular weight excluding hydrogens is 264 g/mol. The van der Waals surface area contributed by atoms with E-state index in [9.17, 15) is 8.42 Å². The monoisotopic (exact) mass is 274 g/mol. The van der Waals surface area contributed by atoms with E-state index >= 15 is 0 Å². The van der Waals surface area contributed by atoms with Crippen LogP contribution in [0.1, 0.15) is 0 Å². The fourth-order valence-electron chi connectivity index (χ4n) is 1.95. The van der Waals surface area contributed by atoms with Crippen molar-refractivity contribution in [2.45, 2.75) is 5.16 Å². The summed E-state index contributed by atoms with van der Waals surface area (Å²) in [5.41, 5.74) is 0.642. The van der Waals surface area contributed by atoms with Crippen LogP contribution in [0.4, 0.5) is 0 Å².